The van der Waals surface area contributed by atoms with E-state index in [1.165, 1.54) is 0 Å². The van der Waals surface area contributed by atoms with E-state index in [0.717, 1.165) is 35.8 Å². The van der Waals surface area contributed by atoms with Crippen LogP contribution in [-0.4, -0.2) is 48.9 Å². The lowest BCUT2D eigenvalue weighted by Crippen LogP contribution is -2.56. The van der Waals surface area contributed by atoms with Gasteiger partial charge in [-0.25, -0.2) is 15.7 Å². The molecule has 0 saturated carbocycles. The highest BCUT2D eigenvalue weighted by molar-refractivity contribution is 5.82. The highest BCUT2D eigenvalue weighted by atomic mass is 16.7. The van der Waals surface area contributed by atoms with Crippen molar-refractivity contribution in [2.45, 2.75) is 63.9 Å². The maximum Gasteiger partial charge on any atom is 0.344 e. The first-order valence-corrected chi connectivity index (χ1v) is 10.3. The fourth-order valence-electron chi connectivity index (χ4n) is 3.57. The lowest BCUT2D eigenvalue weighted by atomic mass is 9.89. The summed E-state index contributed by atoms with van der Waals surface area (Å²) in [5, 5.41) is 6.42. The molecule has 1 aromatic carbocycles. The molecule has 0 spiro atoms. The Morgan fingerprint density at radius 1 is 1.37 bits per heavy atom. The SMILES string of the molecule is CC(C)(C)OC(=O)[C@@](C)(ON)[C@H]1CCc2cc(C3CNC(NCCN)=N3)ccc2O1. The second-order valence-electron chi connectivity index (χ2n) is 8.83. The first kappa shape index (κ1) is 22.3. The van der Waals surface area contributed by atoms with E-state index in [4.69, 9.17) is 25.9 Å². The predicted octanol–water partition coefficient (Wildman–Crippen LogP) is 0.920. The highest BCUT2D eigenvalue weighted by Crippen LogP contribution is 2.36. The van der Waals surface area contributed by atoms with Crippen LogP contribution in [0.5, 0.6) is 5.75 Å². The number of nitrogens with two attached hydrogens (primary N) is 2. The molecule has 9 heteroatoms. The van der Waals surface area contributed by atoms with E-state index in [1.807, 2.05) is 12.1 Å². The lowest BCUT2D eigenvalue weighted by Gasteiger charge is -2.38. The third-order valence-corrected chi connectivity index (χ3v) is 5.26. The summed E-state index contributed by atoms with van der Waals surface area (Å²) in [6.07, 6.45) is 0.769. The molecular weight excluding hydrogens is 386 g/mol. The summed E-state index contributed by atoms with van der Waals surface area (Å²) in [4.78, 5) is 22.5. The smallest absolute Gasteiger partial charge is 0.344 e. The van der Waals surface area contributed by atoms with Crippen LogP contribution in [0.15, 0.2) is 23.2 Å². The topological polar surface area (TPSA) is 133 Å². The summed E-state index contributed by atoms with van der Waals surface area (Å²) in [6, 6.07) is 6.06. The van der Waals surface area contributed by atoms with Crippen molar-refractivity contribution in [1.82, 2.24) is 10.6 Å². The van der Waals surface area contributed by atoms with Crippen LogP contribution in [0.1, 0.15) is 51.3 Å². The van der Waals surface area contributed by atoms with E-state index < -0.39 is 23.3 Å². The van der Waals surface area contributed by atoms with E-state index in [2.05, 4.69) is 21.7 Å². The zero-order valence-corrected chi connectivity index (χ0v) is 18.2. The van der Waals surface area contributed by atoms with Crippen molar-refractivity contribution in [3.05, 3.63) is 29.3 Å². The first-order valence-electron chi connectivity index (χ1n) is 10.3. The quantitative estimate of drug-likeness (QED) is 0.395. The van der Waals surface area contributed by atoms with Crippen molar-refractivity contribution in [1.29, 1.82) is 0 Å². The Bertz CT molecular complexity index is 807. The van der Waals surface area contributed by atoms with Crippen LogP contribution in [0.4, 0.5) is 0 Å². The summed E-state index contributed by atoms with van der Waals surface area (Å²) < 4.78 is 11.6. The van der Waals surface area contributed by atoms with Crippen LogP contribution in [0, 0.1) is 0 Å². The fraction of sp³-hybridized carbons (Fsp3) is 0.619. The molecule has 2 aliphatic heterocycles. The van der Waals surface area contributed by atoms with Crippen LogP contribution < -0.4 is 27.0 Å². The molecule has 3 rings (SSSR count). The maximum atomic E-state index is 12.7. The largest absolute Gasteiger partial charge is 0.486 e. The van der Waals surface area contributed by atoms with Gasteiger partial charge in [-0.05, 0) is 63.8 Å². The number of benzene rings is 1. The predicted molar refractivity (Wildman–Crippen MR) is 114 cm³/mol. The molecule has 0 radical (unpaired) electrons. The van der Waals surface area contributed by atoms with Gasteiger partial charge in [0.1, 0.15) is 17.5 Å². The molecule has 0 saturated heterocycles. The molecular formula is C21H33N5O4. The zero-order valence-electron chi connectivity index (χ0n) is 18.2. The number of nitrogens with one attached hydrogen (secondary N) is 2. The Kier molecular flexibility index (Phi) is 6.54. The van der Waals surface area contributed by atoms with Crippen LogP contribution in [-0.2, 0) is 20.8 Å². The number of guanidine groups is 1. The van der Waals surface area contributed by atoms with Crippen molar-refractivity contribution < 1.29 is 19.1 Å². The molecule has 1 unspecified atom stereocenters. The fourth-order valence-corrected chi connectivity index (χ4v) is 3.57. The van der Waals surface area contributed by atoms with Gasteiger partial charge in [0.25, 0.3) is 0 Å². The van der Waals surface area contributed by atoms with Crippen molar-refractivity contribution in [3.8, 4) is 5.75 Å². The Morgan fingerprint density at radius 2 is 2.13 bits per heavy atom. The van der Waals surface area contributed by atoms with Crippen LogP contribution >= 0.6 is 0 Å². The summed E-state index contributed by atoms with van der Waals surface area (Å²) in [7, 11) is 0. The molecule has 166 valence electrons. The van der Waals surface area contributed by atoms with Crippen molar-refractivity contribution in [2.75, 3.05) is 19.6 Å². The molecule has 0 aromatic heterocycles. The summed E-state index contributed by atoms with van der Waals surface area (Å²) in [5.74, 6) is 6.47. The number of fused-ring (bicyclic) bond motifs is 1. The van der Waals surface area contributed by atoms with Gasteiger partial charge in [-0.3, -0.25) is 4.84 Å². The zero-order chi connectivity index (χ0) is 21.9. The molecule has 0 bridgehead atoms. The second kappa shape index (κ2) is 8.79. The van der Waals surface area contributed by atoms with Crippen LogP contribution in [0.3, 0.4) is 0 Å². The molecule has 2 aliphatic rings. The molecule has 0 fully saturated rings. The molecule has 2 heterocycles. The number of nitrogens with zero attached hydrogens (tertiary/aromatic N) is 1. The number of hydrogen-bond acceptors (Lipinski definition) is 9. The Hall–Kier alpha value is -2.36. The lowest BCUT2D eigenvalue weighted by molar-refractivity contribution is -0.196. The van der Waals surface area contributed by atoms with Gasteiger partial charge in [-0.1, -0.05) is 6.07 Å². The van der Waals surface area contributed by atoms with E-state index >= 15 is 0 Å². The number of rotatable bonds is 6. The van der Waals surface area contributed by atoms with E-state index in [9.17, 15) is 4.79 Å². The first-order chi connectivity index (χ1) is 14.2. The molecule has 30 heavy (non-hydrogen) atoms. The van der Waals surface area contributed by atoms with Crippen molar-refractivity contribution in [3.63, 3.8) is 0 Å². The maximum absolute atomic E-state index is 12.7. The second-order valence-corrected chi connectivity index (χ2v) is 8.83. The standard InChI is InChI=1S/C21H33N5O4/c1-20(2,3)29-18(27)21(4,30-23)17-8-6-14-11-13(5-7-16(14)28-17)15-12-25-19(26-15)24-10-9-22/h5,7,11,15,17H,6,8-10,12,22-23H2,1-4H3,(H2,24,25,26)/t15?,17-,21+/m1/s1. The average molecular weight is 420 g/mol. The number of aliphatic imine (C=N–C) groups is 1. The monoisotopic (exact) mass is 419 g/mol. The van der Waals surface area contributed by atoms with Crippen molar-refractivity contribution >= 4 is 11.9 Å². The molecule has 0 aliphatic carbocycles. The number of esters is 1. The van der Waals surface area contributed by atoms with Gasteiger partial charge in [0.2, 0.25) is 5.60 Å². The van der Waals surface area contributed by atoms with E-state index in [1.54, 1.807) is 27.7 Å². The molecule has 9 nitrogen and oxygen atoms in total. The minimum Gasteiger partial charge on any atom is -0.486 e. The molecule has 6 N–H and O–H groups in total. The van der Waals surface area contributed by atoms with Gasteiger partial charge in [-0.2, -0.15) is 0 Å². The van der Waals surface area contributed by atoms with Gasteiger partial charge in [-0.15, -0.1) is 0 Å². The molecule has 3 atom stereocenters. The van der Waals surface area contributed by atoms with E-state index in [0.29, 0.717) is 19.5 Å². The normalized spacial score (nSPS) is 22.8. The Morgan fingerprint density at radius 3 is 2.80 bits per heavy atom. The summed E-state index contributed by atoms with van der Waals surface area (Å²) in [6.45, 7) is 8.98. The van der Waals surface area contributed by atoms with Gasteiger partial charge in [0.05, 0.1) is 6.04 Å². The Balaban J connectivity index is 1.72. The minimum atomic E-state index is -1.40. The average Bonchev–Trinajstić information content (AvgIpc) is 3.18. The van der Waals surface area contributed by atoms with Gasteiger partial charge in [0.15, 0.2) is 5.96 Å². The highest BCUT2D eigenvalue weighted by Gasteiger charge is 2.48. The molecule has 0 amide bonds. The number of carbonyl (C=O) groups excluding carboxylic acids is 1. The summed E-state index contributed by atoms with van der Waals surface area (Å²) in [5.41, 5.74) is 5.67. The van der Waals surface area contributed by atoms with Crippen molar-refractivity contribution in [2.24, 2.45) is 16.6 Å². The number of hydrogen-bond donors (Lipinski definition) is 4. The van der Waals surface area contributed by atoms with Gasteiger partial charge >= 0.3 is 5.97 Å². The van der Waals surface area contributed by atoms with Crippen LogP contribution in [0.25, 0.3) is 0 Å². The third-order valence-electron chi connectivity index (χ3n) is 5.26. The summed E-state index contributed by atoms with van der Waals surface area (Å²) >= 11 is 0. The van der Waals surface area contributed by atoms with Gasteiger partial charge < -0.3 is 25.8 Å². The number of carbonyl (C=O) groups is 1. The minimum absolute atomic E-state index is 0.0349. The Labute approximate surface area is 177 Å². The third kappa shape index (κ3) is 4.85. The van der Waals surface area contributed by atoms with Crippen LogP contribution in [0.2, 0.25) is 0 Å². The molecule has 1 aromatic rings. The number of aryl methyl sites for hydroxylation is 1. The number of ether oxygens (including phenoxy) is 2. The van der Waals surface area contributed by atoms with E-state index in [-0.39, 0.29) is 6.04 Å². The van der Waals surface area contributed by atoms with Gasteiger partial charge in [0, 0.05) is 19.6 Å².